The summed E-state index contributed by atoms with van der Waals surface area (Å²) >= 11 is 6.08. The summed E-state index contributed by atoms with van der Waals surface area (Å²) in [4.78, 5) is 19.7. The molecule has 0 aliphatic rings. The number of allylic oxidation sites excluding steroid dienone is 1. The van der Waals surface area contributed by atoms with Crippen LogP contribution in [0, 0.1) is 5.92 Å². The number of hydrogen-bond acceptors (Lipinski definition) is 2. The number of benzene rings is 2. The molecule has 3 aromatic rings. The molecule has 0 aliphatic heterocycles. The van der Waals surface area contributed by atoms with Gasteiger partial charge in [-0.2, -0.15) is 0 Å². The van der Waals surface area contributed by atoms with Crippen LogP contribution in [0.15, 0.2) is 61.2 Å². The summed E-state index contributed by atoms with van der Waals surface area (Å²) in [6, 6.07) is 15.1. The minimum atomic E-state index is -0.0385. The number of carbonyl (C=O) groups is 1. The minimum Gasteiger partial charge on any atom is -0.331 e. The number of amides is 1. The highest BCUT2D eigenvalue weighted by Crippen LogP contribution is 2.20. The van der Waals surface area contributed by atoms with Crippen LogP contribution in [0.1, 0.15) is 30.0 Å². The van der Waals surface area contributed by atoms with Gasteiger partial charge >= 0.3 is 0 Å². The second-order valence-electron chi connectivity index (χ2n) is 7.01. The van der Waals surface area contributed by atoms with E-state index in [0.29, 0.717) is 36.1 Å². The highest BCUT2D eigenvalue weighted by molar-refractivity contribution is 6.30. The van der Waals surface area contributed by atoms with E-state index >= 15 is 0 Å². The van der Waals surface area contributed by atoms with Crippen molar-refractivity contribution in [3.8, 4) is 0 Å². The zero-order chi connectivity index (χ0) is 19.4. The first-order valence-corrected chi connectivity index (χ1v) is 9.47. The SMILES string of the molecule is C=CCn1c(CN(CC(C)C)C(=O)c2cccc(Cl)c2)nc2ccccc21. The van der Waals surface area contributed by atoms with Crippen molar-refractivity contribution in [1.29, 1.82) is 0 Å². The van der Waals surface area contributed by atoms with Gasteiger partial charge in [0.15, 0.2) is 0 Å². The van der Waals surface area contributed by atoms with Gasteiger partial charge in [0.25, 0.3) is 5.91 Å². The molecular weight excluding hydrogens is 358 g/mol. The van der Waals surface area contributed by atoms with Crippen LogP contribution >= 0.6 is 11.6 Å². The number of hydrogen-bond donors (Lipinski definition) is 0. The first-order chi connectivity index (χ1) is 13.0. The van der Waals surface area contributed by atoms with Gasteiger partial charge in [-0.25, -0.2) is 4.98 Å². The van der Waals surface area contributed by atoms with Crippen LogP contribution in [-0.4, -0.2) is 26.9 Å². The van der Waals surface area contributed by atoms with Crippen molar-refractivity contribution in [2.24, 2.45) is 5.92 Å². The van der Waals surface area contributed by atoms with Crippen molar-refractivity contribution in [3.63, 3.8) is 0 Å². The number of nitrogens with zero attached hydrogens (tertiary/aromatic N) is 3. The molecule has 0 saturated heterocycles. The number of imidazole rings is 1. The van der Waals surface area contributed by atoms with Gasteiger partial charge in [-0.05, 0) is 36.2 Å². The summed E-state index contributed by atoms with van der Waals surface area (Å²) in [6.07, 6.45) is 1.85. The summed E-state index contributed by atoms with van der Waals surface area (Å²) < 4.78 is 2.11. The molecule has 0 fully saturated rings. The van der Waals surface area contributed by atoms with E-state index in [0.717, 1.165) is 16.9 Å². The van der Waals surface area contributed by atoms with Gasteiger partial charge in [0, 0.05) is 23.7 Å². The van der Waals surface area contributed by atoms with Gasteiger partial charge in [0.1, 0.15) is 5.82 Å². The average molecular weight is 382 g/mol. The Morgan fingerprint density at radius 2 is 2.04 bits per heavy atom. The molecule has 2 aromatic carbocycles. The summed E-state index contributed by atoms with van der Waals surface area (Å²) in [7, 11) is 0. The normalized spacial score (nSPS) is 11.1. The Morgan fingerprint density at radius 3 is 2.74 bits per heavy atom. The number of carbonyl (C=O) groups excluding carboxylic acids is 1. The maximum absolute atomic E-state index is 13.1. The second kappa shape index (κ2) is 8.40. The van der Waals surface area contributed by atoms with Crippen LogP contribution in [-0.2, 0) is 13.1 Å². The molecule has 5 heteroatoms. The monoisotopic (exact) mass is 381 g/mol. The summed E-state index contributed by atoms with van der Waals surface area (Å²) in [5, 5.41) is 0.559. The lowest BCUT2D eigenvalue weighted by Gasteiger charge is -2.25. The third-order valence-corrected chi connectivity index (χ3v) is 4.56. The van der Waals surface area contributed by atoms with Crippen molar-refractivity contribution < 1.29 is 4.79 Å². The Kier molecular flexibility index (Phi) is 5.97. The van der Waals surface area contributed by atoms with E-state index in [2.05, 4.69) is 25.0 Å². The quantitative estimate of drug-likeness (QED) is 0.529. The fourth-order valence-electron chi connectivity index (χ4n) is 3.21. The number of halogens is 1. The molecule has 0 saturated carbocycles. The molecule has 0 unspecified atom stereocenters. The zero-order valence-electron chi connectivity index (χ0n) is 15.7. The molecule has 1 heterocycles. The van der Waals surface area contributed by atoms with Crippen LogP contribution < -0.4 is 0 Å². The lowest BCUT2D eigenvalue weighted by atomic mass is 10.1. The highest BCUT2D eigenvalue weighted by Gasteiger charge is 2.21. The van der Waals surface area contributed by atoms with Gasteiger partial charge in [-0.1, -0.05) is 49.7 Å². The van der Waals surface area contributed by atoms with Crippen molar-refractivity contribution >= 4 is 28.5 Å². The molecule has 4 nitrogen and oxygen atoms in total. The van der Waals surface area contributed by atoms with Gasteiger partial charge in [-0.15, -0.1) is 6.58 Å². The van der Waals surface area contributed by atoms with E-state index in [1.54, 1.807) is 24.3 Å². The van der Waals surface area contributed by atoms with E-state index in [4.69, 9.17) is 16.6 Å². The molecule has 3 rings (SSSR count). The standard InChI is InChI=1S/C22H24ClN3O/c1-4-12-26-20-11-6-5-10-19(20)24-21(26)15-25(14-16(2)3)22(27)17-8-7-9-18(23)13-17/h4-11,13,16H,1,12,14-15H2,2-3H3. The van der Waals surface area contributed by atoms with Gasteiger partial charge in [0.2, 0.25) is 0 Å². The molecule has 0 N–H and O–H groups in total. The Balaban J connectivity index is 1.97. The molecule has 0 radical (unpaired) electrons. The predicted octanol–water partition coefficient (Wildman–Crippen LogP) is 5.17. The van der Waals surface area contributed by atoms with Crippen LogP contribution in [0.4, 0.5) is 0 Å². The van der Waals surface area contributed by atoms with E-state index in [1.807, 2.05) is 35.2 Å². The Bertz CT molecular complexity index is 961. The van der Waals surface area contributed by atoms with Crippen LogP contribution in [0.5, 0.6) is 0 Å². The van der Waals surface area contributed by atoms with Crippen LogP contribution in [0.2, 0.25) is 5.02 Å². The molecule has 1 amide bonds. The molecular formula is C22H24ClN3O. The minimum absolute atomic E-state index is 0.0385. The third kappa shape index (κ3) is 4.40. The maximum Gasteiger partial charge on any atom is 0.254 e. The second-order valence-corrected chi connectivity index (χ2v) is 7.44. The lowest BCUT2D eigenvalue weighted by molar-refractivity contribution is 0.0716. The average Bonchev–Trinajstić information content (AvgIpc) is 2.98. The lowest BCUT2D eigenvalue weighted by Crippen LogP contribution is -2.34. The fourth-order valence-corrected chi connectivity index (χ4v) is 3.40. The summed E-state index contributed by atoms with van der Waals surface area (Å²) in [6.45, 7) is 9.79. The van der Waals surface area contributed by atoms with Crippen molar-refractivity contribution in [2.45, 2.75) is 26.9 Å². The topological polar surface area (TPSA) is 38.1 Å². The summed E-state index contributed by atoms with van der Waals surface area (Å²) in [5.41, 5.74) is 2.57. The smallest absolute Gasteiger partial charge is 0.254 e. The first-order valence-electron chi connectivity index (χ1n) is 9.09. The molecule has 140 valence electrons. The van der Waals surface area contributed by atoms with Crippen molar-refractivity contribution in [3.05, 3.63) is 77.6 Å². The largest absolute Gasteiger partial charge is 0.331 e. The third-order valence-electron chi connectivity index (χ3n) is 4.32. The van der Waals surface area contributed by atoms with Crippen molar-refractivity contribution in [2.75, 3.05) is 6.54 Å². The Morgan fingerprint density at radius 1 is 1.26 bits per heavy atom. The Hall–Kier alpha value is -2.59. The van der Waals surface area contributed by atoms with Gasteiger partial charge in [0.05, 0.1) is 17.6 Å². The molecule has 0 bridgehead atoms. The first kappa shape index (κ1) is 19.2. The van der Waals surface area contributed by atoms with Crippen LogP contribution in [0.3, 0.4) is 0 Å². The number of aromatic nitrogens is 2. The Labute approximate surface area is 165 Å². The maximum atomic E-state index is 13.1. The fraction of sp³-hybridized carbons (Fsp3) is 0.273. The van der Waals surface area contributed by atoms with E-state index in [-0.39, 0.29) is 5.91 Å². The van der Waals surface area contributed by atoms with Gasteiger partial charge < -0.3 is 9.47 Å². The summed E-state index contributed by atoms with van der Waals surface area (Å²) in [5.74, 6) is 1.15. The van der Waals surface area contributed by atoms with E-state index < -0.39 is 0 Å². The van der Waals surface area contributed by atoms with E-state index in [9.17, 15) is 4.79 Å². The molecule has 0 aliphatic carbocycles. The van der Waals surface area contributed by atoms with Crippen molar-refractivity contribution in [1.82, 2.24) is 14.5 Å². The molecule has 27 heavy (non-hydrogen) atoms. The predicted molar refractivity (Wildman–Crippen MR) is 111 cm³/mol. The number of rotatable bonds is 7. The molecule has 0 atom stereocenters. The number of para-hydroxylation sites is 2. The molecule has 1 aromatic heterocycles. The highest BCUT2D eigenvalue weighted by atomic mass is 35.5. The zero-order valence-corrected chi connectivity index (χ0v) is 16.5. The van der Waals surface area contributed by atoms with E-state index in [1.165, 1.54) is 0 Å². The molecule has 0 spiro atoms. The van der Waals surface area contributed by atoms with Crippen LogP contribution in [0.25, 0.3) is 11.0 Å². The van der Waals surface area contributed by atoms with Gasteiger partial charge in [-0.3, -0.25) is 4.79 Å². The number of fused-ring (bicyclic) bond motifs is 1.